The zero-order chi connectivity index (χ0) is 25.8. The number of aryl methyl sites for hydroxylation is 2. The predicted molar refractivity (Wildman–Crippen MR) is 128 cm³/mol. The van der Waals surface area contributed by atoms with Crippen molar-refractivity contribution >= 4 is 37.7 Å². The fraction of sp³-hybridized carbons (Fsp3) is 0.115. The molecule has 0 aliphatic rings. The normalized spacial score (nSPS) is 15.1. The fourth-order valence-electron chi connectivity index (χ4n) is 3.80. The topological polar surface area (TPSA) is 27.1 Å². The molecule has 0 bridgehead atoms. The van der Waals surface area contributed by atoms with Crippen molar-refractivity contribution in [2.24, 2.45) is 0 Å². The molecule has 0 saturated heterocycles. The van der Waals surface area contributed by atoms with Crippen LogP contribution in [0, 0.1) is 13.7 Å². The summed E-state index contributed by atoms with van der Waals surface area (Å²) in [5.74, 6) is 1.03. The Morgan fingerprint density at radius 3 is 2.53 bits per heavy atom. The molecule has 0 spiro atoms. The molecule has 0 fully saturated rings. The van der Waals surface area contributed by atoms with E-state index in [0.717, 1.165) is 26.3 Å². The second kappa shape index (κ2) is 7.29. The molecule has 3 nitrogen and oxygen atoms in total. The highest BCUT2D eigenvalue weighted by atomic mass is 79.9. The highest BCUT2D eigenvalue weighted by molar-refractivity contribution is 9.10. The van der Waals surface area contributed by atoms with Crippen LogP contribution in [0.5, 0.6) is 5.75 Å². The molecule has 0 amide bonds. The first-order chi connectivity index (χ1) is 17.0. The lowest BCUT2D eigenvalue weighted by molar-refractivity contribution is 0.415. The number of pyridine rings is 1. The maximum Gasteiger partial charge on any atom is 0.137 e. The average molecular weight is 463 g/mol. The lowest BCUT2D eigenvalue weighted by Gasteiger charge is -2.12. The summed E-state index contributed by atoms with van der Waals surface area (Å²) >= 11 is 3.41. The van der Waals surface area contributed by atoms with Crippen LogP contribution in [0.1, 0.15) is 19.4 Å². The minimum atomic E-state index is -2.38. The van der Waals surface area contributed by atoms with Crippen molar-refractivity contribution in [3.63, 3.8) is 0 Å². The van der Waals surface area contributed by atoms with Crippen LogP contribution < -0.4 is 4.74 Å². The van der Waals surface area contributed by atoms with Gasteiger partial charge in [-0.15, -0.1) is 0 Å². The van der Waals surface area contributed by atoms with Crippen LogP contribution in [0.3, 0.4) is 0 Å². The summed E-state index contributed by atoms with van der Waals surface area (Å²) in [7, 11) is 1.57. The smallest absolute Gasteiger partial charge is 0.137 e. The number of aromatic nitrogens is 2. The molecule has 3 aromatic carbocycles. The second-order valence-corrected chi connectivity index (χ2v) is 7.96. The van der Waals surface area contributed by atoms with Crippen molar-refractivity contribution in [3.05, 3.63) is 88.5 Å². The molecule has 0 unspecified atom stereocenters. The van der Waals surface area contributed by atoms with Crippen molar-refractivity contribution in [1.82, 2.24) is 9.55 Å². The third-order valence-electron chi connectivity index (χ3n) is 5.25. The molecule has 0 aliphatic carbocycles. The first kappa shape index (κ1) is 13.2. The van der Waals surface area contributed by atoms with Crippen molar-refractivity contribution in [3.8, 4) is 22.7 Å². The van der Waals surface area contributed by atoms with Gasteiger partial charge in [0.2, 0.25) is 0 Å². The molecular formula is C26H21BrN2O. The number of fused-ring (bicyclic) bond motifs is 3. The van der Waals surface area contributed by atoms with E-state index in [1.54, 1.807) is 37.6 Å². The van der Waals surface area contributed by atoms with Gasteiger partial charge in [0.15, 0.2) is 0 Å². The number of rotatable bonds is 3. The van der Waals surface area contributed by atoms with E-state index in [0.29, 0.717) is 22.6 Å². The average Bonchev–Trinajstić information content (AvgIpc) is 3.16. The van der Waals surface area contributed by atoms with Gasteiger partial charge in [-0.2, -0.15) is 0 Å². The summed E-state index contributed by atoms with van der Waals surface area (Å²) in [5.41, 5.74) is 3.11. The summed E-state index contributed by atoms with van der Waals surface area (Å²) in [6.45, 7) is -4.64. The van der Waals surface area contributed by atoms with E-state index >= 15 is 0 Å². The molecule has 0 saturated carbocycles. The van der Waals surface area contributed by atoms with E-state index in [-0.39, 0.29) is 11.1 Å². The van der Waals surface area contributed by atoms with Gasteiger partial charge < -0.3 is 4.74 Å². The van der Waals surface area contributed by atoms with Crippen molar-refractivity contribution in [2.45, 2.75) is 13.7 Å². The third kappa shape index (κ3) is 3.08. The van der Waals surface area contributed by atoms with Crippen LogP contribution in [-0.2, 0) is 0 Å². The van der Waals surface area contributed by atoms with Gasteiger partial charge in [0.1, 0.15) is 11.6 Å². The van der Waals surface area contributed by atoms with Crippen molar-refractivity contribution in [1.29, 1.82) is 0 Å². The van der Waals surface area contributed by atoms with Crippen LogP contribution in [-0.4, -0.2) is 16.7 Å². The lowest BCUT2D eigenvalue weighted by Crippen LogP contribution is -1.99. The lowest BCUT2D eigenvalue weighted by atomic mass is 10.0. The molecule has 2 aromatic heterocycles. The SMILES string of the molecule is [2H]C([2H])([2H])c1ccc2c(c1)c1ccc(OC)cc1n2-c1cc(C([2H])([2H])[2H])c(-c2ccc(Br)cc2)cn1. The molecule has 0 aliphatic heterocycles. The third-order valence-corrected chi connectivity index (χ3v) is 5.78. The van der Waals surface area contributed by atoms with E-state index in [4.69, 9.17) is 13.0 Å². The summed E-state index contributed by atoms with van der Waals surface area (Å²) in [5, 5.41) is 1.54. The van der Waals surface area contributed by atoms with Crippen LogP contribution in [0.4, 0.5) is 0 Å². The maximum absolute atomic E-state index is 8.22. The van der Waals surface area contributed by atoms with E-state index in [1.165, 1.54) is 0 Å². The van der Waals surface area contributed by atoms with Gasteiger partial charge in [-0.25, -0.2) is 4.98 Å². The van der Waals surface area contributed by atoms with Crippen molar-refractivity contribution < 1.29 is 13.0 Å². The van der Waals surface area contributed by atoms with Gasteiger partial charge in [0.05, 0.1) is 18.1 Å². The highest BCUT2D eigenvalue weighted by Gasteiger charge is 2.15. The van der Waals surface area contributed by atoms with Gasteiger partial charge in [-0.05, 0) is 67.3 Å². The molecule has 5 aromatic rings. The maximum atomic E-state index is 8.22. The fourth-order valence-corrected chi connectivity index (χ4v) is 4.06. The Balaban J connectivity index is 1.82. The Kier molecular flexibility index (Phi) is 3.22. The first-order valence-corrected chi connectivity index (χ1v) is 10.2. The Bertz CT molecular complexity index is 1600. The number of hydrogen-bond acceptors (Lipinski definition) is 2. The van der Waals surface area contributed by atoms with E-state index in [2.05, 4.69) is 20.9 Å². The summed E-state index contributed by atoms with van der Waals surface area (Å²) in [4.78, 5) is 4.67. The van der Waals surface area contributed by atoms with E-state index < -0.39 is 13.7 Å². The number of methoxy groups -OCH3 is 1. The van der Waals surface area contributed by atoms with Gasteiger partial charge >= 0.3 is 0 Å². The van der Waals surface area contributed by atoms with Gasteiger partial charge in [-0.3, -0.25) is 4.57 Å². The zero-order valence-corrected chi connectivity index (χ0v) is 17.7. The number of hydrogen-bond donors (Lipinski definition) is 0. The van der Waals surface area contributed by atoms with Gasteiger partial charge in [0.25, 0.3) is 0 Å². The minimum Gasteiger partial charge on any atom is -0.497 e. The van der Waals surface area contributed by atoms with Crippen LogP contribution in [0.25, 0.3) is 38.8 Å². The van der Waals surface area contributed by atoms with E-state index in [9.17, 15) is 0 Å². The number of halogens is 1. The largest absolute Gasteiger partial charge is 0.497 e. The van der Waals surface area contributed by atoms with Gasteiger partial charge in [-0.1, -0.05) is 39.7 Å². The van der Waals surface area contributed by atoms with E-state index in [1.807, 2.05) is 47.0 Å². The van der Waals surface area contributed by atoms with Crippen molar-refractivity contribution in [2.75, 3.05) is 7.11 Å². The molecule has 0 atom stereocenters. The highest BCUT2D eigenvalue weighted by Crippen LogP contribution is 2.35. The first-order valence-electron chi connectivity index (χ1n) is 12.4. The number of benzene rings is 3. The molecule has 0 radical (unpaired) electrons. The van der Waals surface area contributed by atoms with Crippen LogP contribution >= 0.6 is 15.9 Å². The molecule has 4 heteroatoms. The second-order valence-electron chi connectivity index (χ2n) is 7.05. The molecule has 5 rings (SSSR count). The van der Waals surface area contributed by atoms with Crippen LogP contribution in [0.2, 0.25) is 0 Å². The molecule has 0 N–H and O–H groups in total. The summed E-state index contributed by atoms with van der Waals surface area (Å²) in [6, 6.07) is 19.5. The van der Waals surface area contributed by atoms with Crippen LogP contribution in [0.15, 0.2) is 77.4 Å². The monoisotopic (exact) mass is 462 g/mol. The minimum absolute atomic E-state index is 0.173. The number of ether oxygens (including phenoxy) is 1. The summed E-state index contributed by atoms with van der Waals surface area (Å²) < 4.78 is 56.3. The quantitative estimate of drug-likeness (QED) is 0.282. The Morgan fingerprint density at radius 1 is 0.900 bits per heavy atom. The number of nitrogens with zero attached hydrogens (tertiary/aromatic N) is 2. The molecule has 148 valence electrons. The standard InChI is InChI=1S/C26H21BrN2O/c1-16-4-11-24-22(12-16)21-10-9-20(30-3)14-25(21)29(24)26-13-17(2)23(15-28-26)18-5-7-19(27)8-6-18/h4-15H,1-3H3/i1D3,2D3. The zero-order valence-electron chi connectivity index (χ0n) is 22.1. The Hall–Kier alpha value is -3.11. The van der Waals surface area contributed by atoms with Gasteiger partial charge in [0, 0.05) is 41.3 Å². The predicted octanol–water partition coefficient (Wildman–Crippen LogP) is 7.23. The Labute approximate surface area is 192 Å². The Morgan fingerprint density at radius 2 is 1.77 bits per heavy atom. The summed E-state index contributed by atoms with van der Waals surface area (Å²) in [6.07, 6.45) is 1.58. The molecule has 30 heavy (non-hydrogen) atoms. The molecular weight excluding hydrogens is 436 g/mol. The molecule has 2 heterocycles.